The highest BCUT2D eigenvalue weighted by molar-refractivity contribution is 9.09. The Morgan fingerprint density at radius 2 is 2.19 bits per heavy atom. The molecule has 1 aromatic heterocycles. The Morgan fingerprint density at radius 1 is 1.44 bits per heavy atom. The zero-order valence-corrected chi connectivity index (χ0v) is 11.7. The van der Waals surface area contributed by atoms with Crippen molar-refractivity contribution in [2.75, 3.05) is 18.0 Å². The molecule has 1 aromatic rings. The first kappa shape index (κ1) is 11.8. The minimum atomic E-state index is 0.390. The second-order valence-electron chi connectivity index (χ2n) is 4.71. The van der Waals surface area contributed by atoms with E-state index in [9.17, 15) is 0 Å². The van der Waals surface area contributed by atoms with Crippen LogP contribution in [0, 0.1) is 6.92 Å². The van der Waals surface area contributed by atoms with E-state index in [-0.39, 0.29) is 0 Å². The van der Waals surface area contributed by atoms with Crippen LogP contribution in [0.15, 0.2) is 6.07 Å². The quantitative estimate of drug-likeness (QED) is 0.782. The van der Waals surface area contributed by atoms with Crippen molar-refractivity contribution in [3.05, 3.63) is 17.6 Å². The third-order valence-corrected chi connectivity index (χ3v) is 3.58. The fourth-order valence-electron chi connectivity index (χ4n) is 1.92. The Morgan fingerprint density at radius 3 is 2.75 bits per heavy atom. The summed E-state index contributed by atoms with van der Waals surface area (Å²) < 4.78 is 0. The van der Waals surface area contributed by atoms with Gasteiger partial charge in [-0.3, -0.25) is 0 Å². The van der Waals surface area contributed by atoms with Gasteiger partial charge in [-0.25, -0.2) is 9.97 Å². The highest BCUT2D eigenvalue weighted by Gasteiger charge is 2.22. The Labute approximate surface area is 105 Å². The molecule has 1 fully saturated rings. The van der Waals surface area contributed by atoms with Gasteiger partial charge < -0.3 is 4.90 Å². The van der Waals surface area contributed by atoms with E-state index < -0.39 is 0 Å². The molecule has 4 heteroatoms. The number of rotatable bonds is 2. The van der Waals surface area contributed by atoms with Crippen LogP contribution in [0.5, 0.6) is 0 Å². The lowest BCUT2D eigenvalue weighted by Crippen LogP contribution is -2.22. The highest BCUT2D eigenvalue weighted by Crippen LogP contribution is 2.24. The maximum absolute atomic E-state index is 4.64. The van der Waals surface area contributed by atoms with Gasteiger partial charge in [-0.15, -0.1) is 0 Å². The van der Waals surface area contributed by atoms with Crippen LogP contribution in [-0.4, -0.2) is 27.9 Å². The standard InChI is InChI=1S/C12H18BrN3/c1-8(2)12-14-9(3)6-11(15-12)16-5-4-10(13)7-16/h6,8,10H,4-5,7H2,1-3H3. The average Bonchev–Trinajstić information content (AvgIpc) is 2.64. The van der Waals surface area contributed by atoms with Gasteiger partial charge in [-0.1, -0.05) is 29.8 Å². The number of hydrogen-bond acceptors (Lipinski definition) is 3. The maximum Gasteiger partial charge on any atom is 0.133 e. The molecule has 0 N–H and O–H groups in total. The maximum atomic E-state index is 4.64. The third kappa shape index (κ3) is 2.54. The lowest BCUT2D eigenvalue weighted by Gasteiger charge is -2.18. The molecule has 1 unspecified atom stereocenters. The summed E-state index contributed by atoms with van der Waals surface area (Å²) in [6.07, 6.45) is 1.19. The molecular formula is C12H18BrN3. The summed E-state index contributed by atoms with van der Waals surface area (Å²) >= 11 is 3.66. The van der Waals surface area contributed by atoms with Crippen LogP contribution in [0.4, 0.5) is 5.82 Å². The van der Waals surface area contributed by atoms with E-state index in [0.29, 0.717) is 10.7 Å². The first-order valence-electron chi connectivity index (χ1n) is 5.81. The highest BCUT2D eigenvalue weighted by atomic mass is 79.9. The monoisotopic (exact) mass is 283 g/mol. The van der Waals surface area contributed by atoms with Gasteiger partial charge in [0.2, 0.25) is 0 Å². The van der Waals surface area contributed by atoms with Crippen LogP contribution in [-0.2, 0) is 0 Å². The summed E-state index contributed by atoms with van der Waals surface area (Å²) in [5.74, 6) is 2.42. The van der Waals surface area contributed by atoms with Gasteiger partial charge in [0.05, 0.1) is 0 Å². The number of aryl methyl sites for hydroxylation is 1. The second kappa shape index (κ2) is 4.70. The van der Waals surface area contributed by atoms with Crippen molar-refractivity contribution in [1.82, 2.24) is 9.97 Å². The zero-order chi connectivity index (χ0) is 11.7. The van der Waals surface area contributed by atoms with Gasteiger partial charge >= 0.3 is 0 Å². The molecule has 0 spiro atoms. The molecule has 2 rings (SSSR count). The van der Waals surface area contributed by atoms with Crippen molar-refractivity contribution in [3.8, 4) is 0 Å². The number of anilines is 1. The molecule has 0 amide bonds. The average molecular weight is 284 g/mol. The van der Waals surface area contributed by atoms with Gasteiger partial charge in [-0.05, 0) is 13.3 Å². The third-order valence-electron chi connectivity index (χ3n) is 2.83. The van der Waals surface area contributed by atoms with Gasteiger partial charge in [0.1, 0.15) is 11.6 Å². The molecular weight excluding hydrogens is 266 g/mol. The van der Waals surface area contributed by atoms with Crippen molar-refractivity contribution in [2.24, 2.45) is 0 Å². The minimum Gasteiger partial charge on any atom is -0.355 e. The molecule has 0 radical (unpaired) electrons. The minimum absolute atomic E-state index is 0.390. The van der Waals surface area contributed by atoms with Gasteiger partial charge in [0.25, 0.3) is 0 Å². The summed E-state index contributed by atoms with van der Waals surface area (Å²) in [6.45, 7) is 8.45. The predicted octanol–water partition coefficient (Wildman–Crippen LogP) is 2.88. The Bertz CT molecular complexity index is 379. The Balaban J connectivity index is 2.27. The number of alkyl halides is 1. The molecule has 88 valence electrons. The van der Waals surface area contributed by atoms with Gasteiger partial charge in [-0.2, -0.15) is 0 Å². The van der Waals surface area contributed by atoms with E-state index in [0.717, 1.165) is 30.4 Å². The summed E-state index contributed by atoms with van der Waals surface area (Å²) in [5.41, 5.74) is 1.06. The fourth-order valence-corrected chi connectivity index (χ4v) is 2.47. The molecule has 16 heavy (non-hydrogen) atoms. The molecule has 0 aromatic carbocycles. The molecule has 0 saturated carbocycles. The Kier molecular flexibility index (Phi) is 3.47. The van der Waals surface area contributed by atoms with Crippen LogP contribution in [0.3, 0.4) is 0 Å². The van der Waals surface area contributed by atoms with Crippen LogP contribution in [0.1, 0.15) is 37.7 Å². The first-order chi connectivity index (χ1) is 7.56. The summed E-state index contributed by atoms with van der Waals surface area (Å²) in [6, 6.07) is 2.08. The summed E-state index contributed by atoms with van der Waals surface area (Å²) in [4.78, 5) is 12.1. The van der Waals surface area contributed by atoms with Crippen LogP contribution < -0.4 is 4.90 Å². The lowest BCUT2D eigenvalue weighted by molar-refractivity contribution is 0.757. The number of halogens is 1. The van der Waals surface area contributed by atoms with Crippen LogP contribution >= 0.6 is 15.9 Å². The van der Waals surface area contributed by atoms with Crippen molar-refractivity contribution >= 4 is 21.7 Å². The molecule has 2 heterocycles. The van der Waals surface area contributed by atoms with Gasteiger partial charge in [0, 0.05) is 35.6 Å². The smallest absolute Gasteiger partial charge is 0.133 e. The Hall–Kier alpha value is -0.640. The van der Waals surface area contributed by atoms with Crippen molar-refractivity contribution in [3.63, 3.8) is 0 Å². The van der Waals surface area contributed by atoms with Crippen molar-refractivity contribution < 1.29 is 0 Å². The number of hydrogen-bond donors (Lipinski definition) is 0. The van der Waals surface area contributed by atoms with E-state index in [4.69, 9.17) is 0 Å². The van der Waals surface area contributed by atoms with E-state index in [1.165, 1.54) is 6.42 Å². The second-order valence-corrected chi connectivity index (χ2v) is 6.01. The molecule has 1 aliphatic heterocycles. The first-order valence-corrected chi connectivity index (χ1v) is 6.72. The summed E-state index contributed by atoms with van der Waals surface area (Å²) in [5, 5.41) is 0. The zero-order valence-electron chi connectivity index (χ0n) is 10.1. The van der Waals surface area contributed by atoms with Crippen molar-refractivity contribution in [2.45, 2.75) is 37.9 Å². The van der Waals surface area contributed by atoms with Crippen LogP contribution in [0.25, 0.3) is 0 Å². The normalized spacial score (nSPS) is 20.8. The largest absolute Gasteiger partial charge is 0.355 e. The molecule has 1 atom stereocenters. The van der Waals surface area contributed by atoms with Gasteiger partial charge in [0.15, 0.2) is 0 Å². The predicted molar refractivity (Wildman–Crippen MR) is 70.4 cm³/mol. The molecule has 1 saturated heterocycles. The fraction of sp³-hybridized carbons (Fsp3) is 0.667. The topological polar surface area (TPSA) is 29.0 Å². The number of nitrogens with zero attached hydrogens (tertiary/aromatic N) is 3. The molecule has 0 aliphatic carbocycles. The summed E-state index contributed by atoms with van der Waals surface area (Å²) in [7, 11) is 0. The van der Waals surface area contributed by atoms with Crippen molar-refractivity contribution in [1.29, 1.82) is 0 Å². The lowest BCUT2D eigenvalue weighted by atomic mass is 10.2. The molecule has 3 nitrogen and oxygen atoms in total. The SMILES string of the molecule is Cc1cc(N2CCC(Br)C2)nc(C(C)C)n1. The van der Waals surface area contributed by atoms with E-state index in [1.54, 1.807) is 0 Å². The van der Waals surface area contributed by atoms with E-state index >= 15 is 0 Å². The van der Waals surface area contributed by atoms with E-state index in [2.05, 4.69) is 50.7 Å². The van der Waals surface area contributed by atoms with Crippen LogP contribution in [0.2, 0.25) is 0 Å². The molecule has 0 bridgehead atoms. The number of aromatic nitrogens is 2. The van der Waals surface area contributed by atoms with E-state index in [1.807, 2.05) is 6.92 Å². The molecule has 1 aliphatic rings.